The fourth-order valence-corrected chi connectivity index (χ4v) is 15.3. The highest BCUT2D eigenvalue weighted by atomic mass is 32.2. The van der Waals surface area contributed by atoms with Crippen molar-refractivity contribution in [1.82, 2.24) is 77.8 Å². The van der Waals surface area contributed by atoms with Crippen molar-refractivity contribution >= 4 is 94.5 Å². The van der Waals surface area contributed by atoms with E-state index in [2.05, 4.69) is 58.2 Å². The van der Waals surface area contributed by atoms with Crippen molar-refractivity contribution in [2.45, 2.75) is 176 Å². The van der Waals surface area contributed by atoms with Gasteiger partial charge < -0.3 is 109 Å². The van der Waals surface area contributed by atoms with Crippen molar-refractivity contribution in [3.63, 3.8) is 0 Å². The summed E-state index contributed by atoms with van der Waals surface area (Å²) in [5.74, 6) is -8.03. The number of carboxylic acids is 2. The highest BCUT2D eigenvalue weighted by Crippen LogP contribution is 2.28. The van der Waals surface area contributed by atoms with Gasteiger partial charge in [-0.15, -0.1) is 0 Å². The summed E-state index contributed by atoms with van der Waals surface area (Å²) in [5, 5.41) is 71.1. The van der Waals surface area contributed by atoms with Crippen LogP contribution in [0.4, 0.5) is 0 Å². The highest BCUT2D eigenvalue weighted by molar-refractivity contribution is 7.98. The molecule has 10 atom stereocenters. The quantitative estimate of drug-likeness (QED) is 0.0290. The molecule has 0 aliphatic carbocycles. The van der Waals surface area contributed by atoms with E-state index in [1.165, 1.54) is 40.2 Å². The van der Waals surface area contributed by atoms with Crippen LogP contribution in [0.2, 0.25) is 0 Å². The summed E-state index contributed by atoms with van der Waals surface area (Å²) in [6, 6.07) is -0.327. The number of hydrogen-bond acceptors (Lipinski definition) is 26. The number of pyridine rings is 1. The third-order valence-electron chi connectivity index (χ3n) is 19.5. The summed E-state index contributed by atoms with van der Waals surface area (Å²) in [4.78, 5) is 175. The van der Waals surface area contributed by atoms with E-state index >= 15 is 4.79 Å². The lowest BCUT2D eigenvalue weighted by molar-refractivity contribution is -0.148. The molecular formula is C75H121N17O19S2. The molecular weight excluding hydrogens is 1510 g/mol. The molecule has 5 heterocycles. The number of fused-ring (bicyclic) bond motifs is 4. The number of carboxylic acid groups (broad SMARTS) is 2. The lowest BCUT2D eigenvalue weighted by Gasteiger charge is -2.36. The molecule has 0 radical (unpaired) electrons. The maximum atomic E-state index is 15.1. The first-order valence-electron chi connectivity index (χ1n) is 39.4. The van der Waals surface area contributed by atoms with Crippen LogP contribution in [0.5, 0.6) is 0 Å². The van der Waals surface area contributed by atoms with E-state index in [-0.39, 0.29) is 105 Å². The lowest BCUT2D eigenvalue weighted by atomic mass is 10.0. The van der Waals surface area contributed by atoms with Gasteiger partial charge >= 0.3 is 11.9 Å². The van der Waals surface area contributed by atoms with Gasteiger partial charge in [0.2, 0.25) is 59.1 Å². The number of aliphatic hydroxyl groups is 2. The highest BCUT2D eigenvalue weighted by Gasteiger charge is 2.45. The minimum absolute atomic E-state index is 0.0222. The second kappa shape index (κ2) is 52.7. The number of hydrogen-bond donors (Lipinski definition) is 16. The minimum Gasteiger partial charge on any atom is -0.481 e. The molecule has 4 aliphatic rings. The smallest absolute Gasteiger partial charge is 0.327 e. The number of amides is 10. The first kappa shape index (κ1) is 94.1. The van der Waals surface area contributed by atoms with Gasteiger partial charge in [-0.3, -0.25) is 67.9 Å². The van der Waals surface area contributed by atoms with E-state index in [1.54, 1.807) is 42.7 Å². The van der Waals surface area contributed by atoms with E-state index in [0.717, 1.165) is 0 Å². The van der Waals surface area contributed by atoms with Crippen molar-refractivity contribution < 1.29 is 92.2 Å². The molecule has 3 saturated heterocycles. The first-order valence-corrected chi connectivity index (χ1v) is 41.7. The van der Waals surface area contributed by atoms with E-state index < -0.39 is 133 Å². The number of piperazine rings is 1. The molecule has 2 bridgehead atoms. The topological polar surface area (TPSA) is 512 Å². The van der Waals surface area contributed by atoms with E-state index in [9.17, 15) is 73.2 Å². The first-order chi connectivity index (χ1) is 54.5. The van der Waals surface area contributed by atoms with Gasteiger partial charge in [0.1, 0.15) is 42.5 Å². The number of nitrogens with zero attached hydrogens (tertiary/aromatic N) is 5. The number of nitrogens with two attached hydrogens (primary N) is 2. The molecule has 2 unspecified atom stereocenters. The maximum absolute atomic E-state index is 15.1. The molecule has 0 spiro atoms. The summed E-state index contributed by atoms with van der Waals surface area (Å²) in [6.07, 6.45) is 1.64. The zero-order valence-electron chi connectivity index (χ0n) is 65.2. The van der Waals surface area contributed by atoms with Crippen LogP contribution in [-0.2, 0) is 89.7 Å². The van der Waals surface area contributed by atoms with Gasteiger partial charge in [-0.05, 0) is 75.0 Å². The Morgan fingerprint density at radius 1 is 0.664 bits per heavy atom. The lowest BCUT2D eigenvalue weighted by Crippen LogP contribution is -2.63. The normalized spacial score (nSPS) is 22.0. The summed E-state index contributed by atoms with van der Waals surface area (Å²) in [7, 11) is 0. The Morgan fingerprint density at radius 2 is 1.25 bits per heavy atom. The van der Waals surface area contributed by atoms with Crippen LogP contribution in [0.3, 0.4) is 0 Å². The molecule has 3 fully saturated rings. The predicted octanol–water partition coefficient (Wildman–Crippen LogP) is -3.29. The number of aromatic nitrogens is 1. The molecule has 1 aromatic carbocycles. The third-order valence-corrected chi connectivity index (χ3v) is 21.7. The van der Waals surface area contributed by atoms with Crippen LogP contribution in [-0.4, -0.2) is 326 Å². The van der Waals surface area contributed by atoms with Gasteiger partial charge in [0.05, 0.1) is 57.1 Å². The number of benzene rings is 1. The van der Waals surface area contributed by atoms with E-state index in [4.69, 9.17) is 25.7 Å². The van der Waals surface area contributed by atoms with Crippen LogP contribution >= 0.6 is 23.5 Å². The zero-order valence-corrected chi connectivity index (χ0v) is 66.8. The van der Waals surface area contributed by atoms with Gasteiger partial charge in [-0.1, -0.05) is 56.2 Å². The van der Waals surface area contributed by atoms with Crippen LogP contribution in [0.15, 0.2) is 48.8 Å². The molecule has 632 valence electrons. The number of ether oxygens (including phenoxy) is 3. The minimum atomic E-state index is -1.95. The van der Waals surface area contributed by atoms with Crippen LogP contribution in [0.1, 0.15) is 114 Å². The average molecular weight is 1630 g/mol. The summed E-state index contributed by atoms with van der Waals surface area (Å²) in [5.41, 5.74) is 13.2. The number of nitrogens with one attached hydrogen (secondary N) is 10. The summed E-state index contributed by atoms with van der Waals surface area (Å²) in [6.45, 7) is 12.0. The number of aliphatic hydroxyl groups excluding tert-OH is 2. The maximum Gasteiger partial charge on any atom is 0.327 e. The Bertz CT molecular complexity index is 3310. The Balaban J connectivity index is 0.985. The number of unbranched alkanes of at least 4 members (excludes halogenated alkanes) is 1. The molecule has 36 nitrogen and oxygen atoms in total. The van der Waals surface area contributed by atoms with Crippen molar-refractivity contribution in [1.29, 1.82) is 0 Å². The molecule has 0 saturated carbocycles. The molecule has 1 aromatic heterocycles. The molecule has 38 heteroatoms. The van der Waals surface area contributed by atoms with Gasteiger partial charge in [0.25, 0.3) is 0 Å². The van der Waals surface area contributed by atoms with Gasteiger partial charge in [-0.2, -0.15) is 23.5 Å². The zero-order chi connectivity index (χ0) is 81.9. The third kappa shape index (κ3) is 34.3. The molecule has 10 amide bonds. The predicted molar refractivity (Wildman–Crippen MR) is 422 cm³/mol. The number of carbonyl (C=O) groups excluding carboxylic acids is 10. The van der Waals surface area contributed by atoms with Gasteiger partial charge in [-0.25, -0.2) is 4.79 Å². The Labute approximate surface area is 669 Å². The fraction of sp³-hybridized carbons (Fsp3) is 0.693. The monoisotopic (exact) mass is 1630 g/mol. The van der Waals surface area contributed by atoms with E-state index in [0.29, 0.717) is 167 Å². The van der Waals surface area contributed by atoms with Crippen molar-refractivity contribution in [2.75, 3.05) is 149 Å². The Hall–Kier alpha value is -7.73. The summed E-state index contributed by atoms with van der Waals surface area (Å²) < 4.78 is 16.9. The summed E-state index contributed by atoms with van der Waals surface area (Å²) >= 11 is 2.46. The average Bonchev–Trinajstić information content (AvgIpc) is 1.67. The van der Waals surface area contributed by atoms with Crippen LogP contribution in [0, 0.1) is 5.92 Å². The van der Waals surface area contributed by atoms with Crippen molar-refractivity contribution in [3.05, 3.63) is 65.5 Å². The van der Waals surface area contributed by atoms with Crippen LogP contribution < -0.4 is 64.6 Å². The molecule has 6 rings (SSSR count). The second-order valence-corrected chi connectivity index (χ2v) is 30.5. The number of rotatable bonds is 41. The molecule has 4 aliphatic heterocycles. The van der Waals surface area contributed by atoms with Gasteiger partial charge in [0, 0.05) is 166 Å². The van der Waals surface area contributed by atoms with Crippen molar-refractivity contribution in [3.8, 4) is 0 Å². The SMILES string of the molecule is CCCC[C@H](NC(=O)CCC(=O)NCCCOCCOCCOCCCNC(=O)CN1CCN(C(=O)C(CNCCN)CNCCN)CC1)C(=O)N[C@H]1CSCc2cncc(c2)CSCC(C(=O)O)NC(=O)[C@H](Cc2ccccc2)NC(=O)[C@H](CCC(=O)O)NC(O)[C@H]([C@@H](C)O)NC(=O)[C@@H]2CCCN2C(=O)[C@@H]2CCCN2C1=O. The standard InChI is InChI=1S/C75H121N17O19S2/c1-3-4-14-55(83-63(95)19-18-62(94)81-23-10-33-109-35-37-111-38-36-110-34-11-24-82-64(96)45-89-29-31-90(32-30-89)72(104)54(43-78-25-21-76)44-79-26-22-77)67(99)86-58-48-112-46-52-39-53(42-80-41-52)47-113-49-59(75(107)108)87-69(101)57(40-51-12-6-5-7-13-51)85-68(100)56(17-20-65(97)98)84-71(103)66(50(2)93)88-70(102)60-15-8-27-91(60)74(106)61-16-9-28-92(61)73(58)105/h5-7,12-13,39,41-42,50,54-61,66,71,78-79,84,93,103H,3-4,8-11,14-38,40,43-49,76-77H2,1-2H3,(H,81,94)(H,82,96)(H,83,95)(H,85,100)(H,86,99)(H,87,101)(H,88,102)(H,97,98)(H,107,108)/t50-,55+,56+,57+,58+,59?,60+,61+,66+,71?/m1/s1. The number of thioether (sulfide) groups is 2. The number of aliphatic carboxylic acids is 2. The Kier molecular flexibility index (Phi) is 43.9. The number of carbonyl (C=O) groups is 12. The second-order valence-electron chi connectivity index (χ2n) is 28.5. The fourth-order valence-electron chi connectivity index (χ4n) is 13.3. The molecule has 18 N–H and O–H groups in total. The largest absolute Gasteiger partial charge is 0.481 e. The van der Waals surface area contributed by atoms with Gasteiger partial charge in [0.15, 0.2) is 0 Å². The molecule has 2 aromatic rings. The van der Waals surface area contributed by atoms with Crippen LogP contribution in [0.25, 0.3) is 0 Å². The Morgan fingerprint density at radius 3 is 1.85 bits per heavy atom. The van der Waals surface area contributed by atoms with Crippen molar-refractivity contribution in [2.24, 2.45) is 17.4 Å². The molecule has 113 heavy (non-hydrogen) atoms. The van der Waals surface area contributed by atoms with E-state index in [1.807, 2.05) is 22.8 Å².